The van der Waals surface area contributed by atoms with Crippen molar-refractivity contribution in [2.24, 2.45) is 0 Å². The molecule has 2 heterocycles. The van der Waals surface area contributed by atoms with Gasteiger partial charge in [0.15, 0.2) is 0 Å². The summed E-state index contributed by atoms with van der Waals surface area (Å²) in [6, 6.07) is 0.122. The lowest BCUT2D eigenvalue weighted by Crippen LogP contribution is -2.47. The second kappa shape index (κ2) is 7.72. The third-order valence-corrected chi connectivity index (χ3v) is 4.74. The van der Waals surface area contributed by atoms with E-state index in [0.29, 0.717) is 6.61 Å². The van der Waals surface area contributed by atoms with E-state index in [2.05, 4.69) is 40.2 Å². The van der Waals surface area contributed by atoms with Gasteiger partial charge in [0.2, 0.25) is 0 Å². The van der Waals surface area contributed by atoms with Crippen LogP contribution in [0.5, 0.6) is 0 Å². The molecule has 0 spiro atoms. The lowest BCUT2D eigenvalue weighted by molar-refractivity contribution is -0.0913. The van der Waals surface area contributed by atoms with Gasteiger partial charge in [0.05, 0.1) is 41.2 Å². The quantitative estimate of drug-likeness (QED) is 0.812. The molecule has 0 bridgehead atoms. The number of likely N-dealkylation sites (N-methyl/N-ethyl adjacent to an activating group) is 1. The fourth-order valence-electron chi connectivity index (χ4n) is 3.00. The summed E-state index contributed by atoms with van der Waals surface area (Å²) >= 11 is 3.65. The van der Waals surface area contributed by atoms with Gasteiger partial charge in [0.1, 0.15) is 0 Å². The highest BCUT2D eigenvalue weighted by atomic mass is 79.9. The number of hydrogen-bond donors (Lipinski definition) is 1. The smallest absolute Gasteiger partial charge is 0.0864 e. The van der Waals surface area contributed by atoms with Gasteiger partial charge in [0, 0.05) is 13.7 Å². The van der Waals surface area contributed by atoms with Crippen LogP contribution in [0.4, 0.5) is 0 Å². The van der Waals surface area contributed by atoms with E-state index in [-0.39, 0.29) is 11.6 Å². The molecule has 2 atom stereocenters. The van der Waals surface area contributed by atoms with Gasteiger partial charge in [-0.05, 0) is 48.7 Å². The fraction of sp³-hybridized carbons (Fsp3) is 0.800. The summed E-state index contributed by atoms with van der Waals surface area (Å²) in [5.41, 5.74) is 0.958. The molecule has 0 saturated carbocycles. The lowest BCUT2D eigenvalue weighted by atomic mass is 9.86. The molecule has 5 nitrogen and oxygen atoms in total. The van der Waals surface area contributed by atoms with Gasteiger partial charge >= 0.3 is 0 Å². The minimum atomic E-state index is -0.193. The van der Waals surface area contributed by atoms with Crippen molar-refractivity contribution in [1.82, 2.24) is 15.1 Å². The first-order valence-electron chi connectivity index (χ1n) is 7.70. The molecule has 1 aromatic heterocycles. The van der Waals surface area contributed by atoms with E-state index < -0.39 is 0 Å². The zero-order valence-electron chi connectivity index (χ0n) is 13.2. The number of nitrogens with zero attached hydrogens (tertiary/aromatic N) is 2. The summed E-state index contributed by atoms with van der Waals surface area (Å²) in [6.45, 7) is 7.46. The van der Waals surface area contributed by atoms with Crippen LogP contribution in [-0.2, 0) is 16.0 Å². The van der Waals surface area contributed by atoms with Gasteiger partial charge in [-0.1, -0.05) is 6.92 Å². The average molecular weight is 360 g/mol. The second-order valence-electron chi connectivity index (χ2n) is 5.70. The molecule has 0 radical (unpaired) electrons. The fourth-order valence-corrected chi connectivity index (χ4v) is 3.53. The van der Waals surface area contributed by atoms with Crippen molar-refractivity contribution in [2.45, 2.75) is 51.3 Å². The zero-order chi connectivity index (χ0) is 15.3. The van der Waals surface area contributed by atoms with Crippen LogP contribution in [0.3, 0.4) is 0 Å². The SMILES string of the molecule is CCNC(c1c(Br)cnn1CCOC)C1(C)CCCCO1. The van der Waals surface area contributed by atoms with E-state index in [4.69, 9.17) is 9.47 Å². The Morgan fingerprint density at radius 3 is 3.00 bits per heavy atom. The van der Waals surface area contributed by atoms with Gasteiger partial charge in [-0.15, -0.1) is 0 Å². The maximum atomic E-state index is 6.16. The molecule has 120 valence electrons. The van der Waals surface area contributed by atoms with E-state index in [1.165, 1.54) is 6.42 Å². The third kappa shape index (κ3) is 3.86. The predicted molar refractivity (Wildman–Crippen MR) is 86.4 cm³/mol. The summed E-state index contributed by atoms with van der Waals surface area (Å²) < 4.78 is 14.4. The number of ether oxygens (including phenoxy) is 2. The molecular formula is C15H26BrN3O2. The predicted octanol–water partition coefficient (Wildman–Crippen LogP) is 2.90. The van der Waals surface area contributed by atoms with Crippen molar-refractivity contribution in [3.05, 3.63) is 16.4 Å². The van der Waals surface area contributed by atoms with Gasteiger partial charge < -0.3 is 14.8 Å². The molecule has 1 fully saturated rings. The summed E-state index contributed by atoms with van der Waals surface area (Å²) in [6.07, 6.45) is 5.29. The van der Waals surface area contributed by atoms with Crippen LogP contribution in [0.2, 0.25) is 0 Å². The van der Waals surface area contributed by atoms with Crippen LogP contribution in [0.1, 0.15) is 44.8 Å². The van der Waals surface area contributed by atoms with Crippen molar-refractivity contribution in [1.29, 1.82) is 0 Å². The Hall–Kier alpha value is -0.430. The number of hydrogen-bond acceptors (Lipinski definition) is 4. The molecule has 0 aromatic carbocycles. The topological polar surface area (TPSA) is 48.3 Å². The number of nitrogens with one attached hydrogen (secondary N) is 1. The molecule has 2 unspecified atom stereocenters. The van der Waals surface area contributed by atoms with Gasteiger partial charge in [0.25, 0.3) is 0 Å². The molecule has 6 heteroatoms. The molecule has 1 saturated heterocycles. The van der Waals surface area contributed by atoms with E-state index in [1.807, 2.05) is 10.9 Å². The normalized spacial score (nSPS) is 24.2. The molecule has 0 amide bonds. The largest absolute Gasteiger partial charge is 0.383 e. The van der Waals surface area contributed by atoms with Crippen molar-refractivity contribution < 1.29 is 9.47 Å². The lowest BCUT2D eigenvalue weighted by Gasteiger charge is -2.41. The highest BCUT2D eigenvalue weighted by Gasteiger charge is 2.40. The Balaban J connectivity index is 2.30. The van der Waals surface area contributed by atoms with Crippen molar-refractivity contribution >= 4 is 15.9 Å². The maximum Gasteiger partial charge on any atom is 0.0864 e. The van der Waals surface area contributed by atoms with Crippen molar-refractivity contribution in [3.8, 4) is 0 Å². The average Bonchev–Trinajstić information content (AvgIpc) is 2.84. The summed E-state index contributed by atoms with van der Waals surface area (Å²) in [7, 11) is 1.71. The second-order valence-corrected chi connectivity index (χ2v) is 6.56. The summed E-state index contributed by atoms with van der Waals surface area (Å²) in [5, 5.41) is 8.07. The van der Waals surface area contributed by atoms with Crippen LogP contribution in [-0.4, -0.2) is 42.2 Å². The molecule has 1 aromatic rings. The van der Waals surface area contributed by atoms with E-state index in [0.717, 1.165) is 42.7 Å². The van der Waals surface area contributed by atoms with Crippen molar-refractivity contribution in [2.75, 3.05) is 26.9 Å². The Morgan fingerprint density at radius 1 is 1.57 bits per heavy atom. The first kappa shape index (κ1) is 16.9. The van der Waals surface area contributed by atoms with Crippen molar-refractivity contribution in [3.63, 3.8) is 0 Å². The van der Waals surface area contributed by atoms with Gasteiger partial charge in [-0.2, -0.15) is 5.10 Å². The van der Waals surface area contributed by atoms with Crippen LogP contribution in [0.15, 0.2) is 10.7 Å². The Labute approximate surface area is 135 Å². The number of aromatic nitrogens is 2. The number of halogens is 1. The Kier molecular flexibility index (Phi) is 6.22. The van der Waals surface area contributed by atoms with E-state index in [1.54, 1.807) is 7.11 Å². The third-order valence-electron chi connectivity index (χ3n) is 4.13. The van der Waals surface area contributed by atoms with E-state index in [9.17, 15) is 0 Å². The molecule has 1 aliphatic rings. The molecule has 1 N–H and O–H groups in total. The Bertz CT molecular complexity index is 444. The monoisotopic (exact) mass is 359 g/mol. The molecule has 0 aliphatic carbocycles. The zero-order valence-corrected chi connectivity index (χ0v) is 14.8. The van der Waals surface area contributed by atoms with Crippen LogP contribution >= 0.6 is 15.9 Å². The van der Waals surface area contributed by atoms with Crippen LogP contribution < -0.4 is 5.32 Å². The molecular weight excluding hydrogens is 334 g/mol. The summed E-state index contributed by atoms with van der Waals surface area (Å²) in [4.78, 5) is 0. The standard InChI is InChI=1S/C15H26BrN3O2/c1-4-17-14(15(2)7-5-6-9-21-15)13-12(16)11-18-19(13)8-10-20-3/h11,14,17H,4-10H2,1-3H3. The molecule has 2 rings (SSSR count). The first-order valence-corrected chi connectivity index (χ1v) is 8.49. The van der Waals surface area contributed by atoms with Crippen LogP contribution in [0.25, 0.3) is 0 Å². The number of rotatable bonds is 7. The molecule has 1 aliphatic heterocycles. The maximum absolute atomic E-state index is 6.16. The Morgan fingerprint density at radius 2 is 2.38 bits per heavy atom. The number of methoxy groups -OCH3 is 1. The minimum Gasteiger partial charge on any atom is -0.383 e. The summed E-state index contributed by atoms with van der Waals surface area (Å²) in [5.74, 6) is 0. The van der Waals surface area contributed by atoms with Crippen LogP contribution in [0, 0.1) is 0 Å². The molecule has 21 heavy (non-hydrogen) atoms. The highest BCUT2D eigenvalue weighted by Crippen LogP contribution is 2.39. The highest BCUT2D eigenvalue weighted by molar-refractivity contribution is 9.10. The van der Waals surface area contributed by atoms with E-state index >= 15 is 0 Å². The minimum absolute atomic E-state index is 0.122. The van der Waals surface area contributed by atoms with Gasteiger partial charge in [-0.3, -0.25) is 4.68 Å². The van der Waals surface area contributed by atoms with Gasteiger partial charge in [-0.25, -0.2) is 0 Å². The first-order chi connectivity index (χ1) is 10.1.